The number of hydrogen-bond acceptors (Lipinski definition) is 5. The number of alkyl carbamates (subject to hydrolysis) is 1. The monoisotopic (exact) mass is 325 g/mol. The SMILES string of the molecule is CCOC(=O)c1c(C)cnn1C(C)(C)CNC(=O)OC(C)(C)C. The number of carbonyl (C=O) groups excluding carboxylic acids is 2. The first-order valence-electron chi connectivity index (χ1n) is 7.67. The molecular weight excluding hydrogens is 298 g/mol. The molecule has 0 saturated carbocycles. The van der Waals surface area contributed by atoms with E-state index in [-0.39, 0.29) is 6.54 Å². The number of esters is 1. The van der Waals surface area contributed by atoms with Crippen molar-refractivity contribution >= 4 is 12.1 Å². The smallest absolute Gasteiger partial charge is 0.407 e. The van der Waals surface area contributed by atoms with Gasteiger partial charge in [0.1, 0.15) is 11.3 Å². The number of aryl methyl sites for hydroxylation is 1. The summed E-state index contributed by atoms with van der Waals surface area (Å²) in [6, 6.07) is 0. The Balaban J connectivity index is 2.88. The van der Waals surface area contributed by atoms with Crippen molar-refractivity contribution in [3.63, 3.8) is 0 Å². The predicted octanol–water partition coefficient (Wildman–Crippen LogP) is 2.63. The highest BCUT2D eigenvalue weighted by Gasteiger charge is 2.30. The molecule has 0 aliphatic carbocycles. The van der Waals surface area contributed by atoms with E-state index in [1.807, 2.05) is 13.8 Å². The second-order valence-corrected chi connectivity index (χ2v) is 6.98. The second-order valence-electron chi connectivity index (χ2n) is 6.98. The first kappa shape index (κ1) is 19.0. The Labute approximate surface area is 137 Å². The van der Waals surface area contributed by atoms with Crippen molar-refractivity contribution < 1.29 is 19.1 Å². The lowest BCUT2D eigenvalue weighted by Gasteiger charge is -2.28. The van der Waals surface area contributed by atoms with Gasteiger partial charge in [-0.2, -0.15) is 5.10 Å². The van der Waals surface area contributed by atoms with Crippen molar-refractivity contribution in [2.24, 2.45) is 0 Å². The normalized spacial score (nSPS) is 12.0. The minimum Gasteiger partial charge on any atom is -0.461 e. The van der Waals surface area contributed by atoms with Crippen LogP contribution in [0.15, 0.2) is 6.20 Å². The van der Waals surface area contributed by atoms with Crippen LogP contribution in [0.25, 0.3) is 0 Å². The number of nitrogens with one attached hydrogen (secondary N) is 1. The zero-order chi connectivity index (χ0) is 17.8. The van der Waals surface area contributed by atoms with Crippen molar-refractivity contribution in [1.82, 2.24) is 15.1 Å². The summed E-state index contributed by atoms with van der Waals surface area (Å²) in [5.41, 5.74) is -0.0588. The minimum absolute atomic E-state index is 0.259. The molecule has 1 aromatic rings. The van der Waals surface area contributed by atoms with Crippen LogP contribution in [0.1, 0.15) is 57.6 Å². The third-order valence-electron chi connectivity index (χ3n) is 3.06. The van der Waals surface area contributed by atoms with E-state index in [1.54, 1.807) is 45.5 Å². The fourth-order valence-corrected chi connectivity index (χ4v) is 2.01. The van der Waals surface area contributed by atoms with Crippen molar-refractivity contribution in [3.8, 4) is 0 Å². The first-order valence-corrected chi connectivity index (χ1v) is 7.67. The Bertz CT molecular complexity index is 570. The number of rotatable bonds is 5. The van der Waals surface area contributed by atoms with Gasteiger partial charge in [0, 0.05) is 12.1 Å². The number of carbonyl (C=O) groups is 2. The summed E-state index contributed by atoms with van der Waals surface area (Å²) in [7, 11) is 0. The molecule has 1 rings (SSSR count). The molecule has 0 aliphatic rings. The summed E-state index contributed by atoms with van der Waals surface area (Å²) in [6.45, 7) is 13.2. The third-order valence-corrected chi connectivity index (χ3v) is 3.06. The van der Waals surface area contributed by atoms with Crippen LogP contribution >= 0.6 is 0 Å². The Morgan fingerprint density at radius 3 is 2.39 bits per heavy atom. The van der Waals surface area contributed by atoms with E-state index in [9.17, 15) is 9.59 Å². The molecule has 0 fully saturated rings. The number of hydrogen-bond donors (Lipinski definition) is 1. The maximum absolute atomic E-state index is 12.1. The molecule has 0 atom stereocenters. The summed E-state index contributed by atoms with van der Waals surface area (Å²) in [5.74, 6) is -0.423. The molecule has 0 aromatic carbocycles. The van der Waals surface area contributed by atoms with Crippen LogP contribution in [0.3, 0.4) is 0 Å². The van der Waals surface area contributed by atoms with Gasteiger partial charge in [-0.1, -0.05) is 0 Å². The maximum Gasteiger partial charge on any atom is 0.407 e. The van der Waals surface area contributed by atoms with Crippen molar-refractivity contribution in [3.05, 3.63) is 17.5 Å². The van der Waals surface area contributed by atoms with E-state index >= 15 is 0 Å². The number of amides is 1. The van der Waals surface area contributed by atoms with Gasteiger partial charge >= 0.3 is 12.1 Å². The lowest BCUT2D eigenvalue weighted by atomic mass is 10.1. The molecule has 1 N–H and O–H groups in total. The van der Waals surface area contributed by atoms with Gasteiger partial charge in [0.15, 0.2) is 0 Å². The molecule has 0 saturated heterocycles. The van der Waals surface area contributed by atoms with Crippen LogP contribution in [-0.4, -0.2) is 40.6 Å². The topological polar surface area (TPSA) is 82.5 Å². The number of ether oxygens (including phenoxy) is 2. The van der Waals surface area contributed by atoms with Crippen LogP contribution in [-0.2, 0) is 15.0 Å². The van der Waals surface area contributed by atoms with Gasteiger partial charge < -0.3 is 14.8 Å². The fraction of sp³-hybridized carbons (Fsp3) is 0.688. The fourth-order valence-electron chi connectivity index (χ4n) is 2.01. The Hall–Kier alpha value is -2.05. The lowest BCUT2D eigenvalue weighted by molar-refractivity contribution is 0.0489. The third kappa shape index (κ3) is 5.26. The van der Waals surface area contributed by atoms with Crippen LogP contribution < -0.4 is 5.32 Å². The van der Waals surface area contributed by atoms with E-state index < -0.39 is 23.2 Å². The molecule has 1 amide bonds. The Kier molecular flexibility index (Phi) is 5.80. The van der Waals surface area contributed by atoms with Gasteiger partial charge in [0.25, 0.3) is 0 Å². The molecule has 23 heavy (non-hydrogen) atoms. The van der Waals surface area contributed by atoms with Gasteiger partial charge in [-0.3, -0.25) is 4.68 Å². The van der Waals surface area contributed by atoms with E-state index in [0.29, 0.717) is 12.3 Å². The second kappa shape index (κ2) is 7.02. The molecular formula is C16H27N3O4. The summed E-state index contributed by atoms with van der Waals surface area (Å²) in [6.07, 6.45) is 1.11. The highest BCUT2D eigenvalue weighted by Crippen LogP contribution is 2.20. The van der Waals surface area contributed by atoms with Crippen LogP contribution in [0.2, 0.25) is 0 Å². The zero-order valence-electron chi connectivity index (χ0n) is 15.0. The average Bonchev–Trinajstić information content (AvgIpc) is 2.77. The minimum atomic E-state index is -0.618. The first-order chi connectivity index (χ1) is 10.5. The van der Waals surface area contributed by atoms with Gasteiger partial charge in [0.05, 0.1) is 18.3 Å². The van der Waals surface area contributed by atoms with Gasteiger partial charge in [-0.15, -0.1) is 0 Å². The van der Waals surface area contributed by atoms with Crippen LogP contribution in [0, 0.1) is 6.92 Å². The molecule has 0 bridgehead atoms. The molecule has 1 heterocycles. The molecule has 1 aromatic heterocycles. The predicted molar refractivity (Wildman–Crippen MR) is 86.5 cm³/mol. The molecule has 0 aliphatic heterocycles. The molecule has 0 unspecified atom stereocenters. The maximum atomic E-state index is 12.1. The molecule has 0 radical (unpaired) electrons. The van der Waals surface area contributed by atoms with Gasteiger partial charge in [-0.05, 0) is 48.5 Å². The average molecular weight is 325 g/mol. The Morgan fingerprint density at radius 2 is 1.87 bits per heavy atom. The van der Waals surface area contributed by atoms with Crippen LogP contribution in [0.4, 0.5) is 4.79 Å². The largest absolute Gasteiger partial charge is 0.461 e. The highest BCUT2D eigenvalue weighted by atomic mass is 16.6. The molecule has 7 heteroatoms. The molecule has 130 valence electrons. The lowest BCUT2D eigenvalue weighted by Crippen LogP contribution is -2.44. The van der Waals surface area contributed by atoms with Gasteiger partial charge in [-0.25, -0.2) is 9.59 Å². The summed E-state index contributed by atoms with van der Waals surface area (Å²) < 4.78 is 11.9. The Morgan fingerprint density at radius 1 is 1.26 bits per heavy atom. The standard InChI is InChI=1S/C16H27N3O4/c1-8-22-13(20)12-11(2)9-18-19(12)16(6,7)10-17-14(21)23-15(3,4)5/h9H,8,10H2,1-7H3,(H,17,21). The zero-order valence-corrected chi connectivity index (χ0v) is 15.0. The van der Waals surface area contributed by atoms with E-state index in [4.69, 9.17) is 9.47 Å². The van der Waals surface area contributed by atoms with E-state index in [2.05, 4.69) is 10.4 Å². The van der Waals surface area contributed by atoms with E-state index in [0.717, 1.165) is 5.56 Å². The number of nitrogens with zero attached hydrogens (tertiary/aromatic N) is 2. The summed E-state index contributed by atoms with van der Waals surface area (Å²) >= 11 is 0. The van der Waals surface area contributed by atoms with Crippen LogP contribution in [0.5, 0.6) is 0 Å². The quantitative estimate of drug-likeness (QED) is 0.842. The number of aromatic nitrogens is 2. The molecule has 0 spiro atoms. The molecule has 7 nitrogen and oxygen atoms in total. The van der Waals surface area contributed by atoms with E-state index in [1.165, 1.54) is 0 Å². The van der Waals surface area contributed by atoms with Crippen molar-refractivity contribution in [2.75, 3.05) is 13.2 Å². The summed E-state index contributed by atoms with van der Waals surface area (Å²) in [4.78, 5) is 23.9. The van der Waals surface area contributed by atoms with Crippen molar-refractivity contribution in [1.29, 1.82) is 0 Å². The van der Waals surface area contributed by atoms with Crippen molar-refractivity contribution in [2.45, 2.75) is 59.6 Å². The highest BCUT2D eigenvalue weighted by molar-refractivity contribution is 5.89. The summed E-state index contributed by atoms with van der Waals surface area (Å²) in [5, 5.41) is 6.98. The van der Waals surface area contributed by atoms with Gasteiger partial charge in [0.2, 0.25) is 0 Å².